The number of phenolic OH excluding ortho intramolecular Hbond substituents is 1. The number of phenols is 1. The van der Waals surface area contributed by atoms with Crippen LogP contribution in [0.15, 0.2) is 72.8 Å². The fraction of sp³-hybridized carbons (Fsp3) is 0.286. The first-order valence-electron chi connectivity index (χ1n) is 11.9. The average Bonchev–Trinajstić information content (AvgIpc) is 3.24. The third-order valence-corrected chi connectivity index (χ3v) is 6.68. The van der Waals surface area contributed by atoms with Gasteiger partial charge in [0.05, 0.1) is 26.5 Å². The van der Waals surface area contributed by atoms with E-state index in [4.69, 9.17) is 14.2 Å². The lowest BCUT2D eigenvalue weighted by molar-refractivity contribution is -0.172. The van der Waals surface area contributed by atoms with Crippen molar-refractivity contribution in [2.24, 2.45) is 7.05 Å². The molecule has 1 aromatic heterocycles. The highest BCUT2D eigenvalue weighted by atomic mass is 16.5. The SMILES string of the molecule is COc1ccc(CN(Cc2c(-c3ccc(O)cc3)nnn2C)C2OCC2c2ccccc2)c(OC)c1. The molecule has 5 rings (SSSR count). The number of hydrogen-bond donors (Lipinski definition) is 1. The first-order valence-corrected chi connectivity index (χ1v) is 11.9. The maximum absolute atomic E-state index is 9.74. The van der Waals surface area contributed by atoms with E-state index in [-0.39, 0.29) is 17.9 Å². The second-order valence-electron chi connectivity index (χ2n) is 8.88. The lowest BCUT2D eigenvalue weighted by Gasteiger charge is -2.44. The van der Waals surface area contributed by atoms with E-state index < -0.39 is 0 Å². The van der Waals surface area contributed by atoms with Crippen molar-refractivity contribution in [1.29, 1.82) is 0 Å². The van der Waals surface area contributed by atoms with E-state index in [0.29, 0.717) is 19.7 Å². The predicted molar refractivity (Wildman–Crippen MR) is 136 cm³/mol. The Hall–Kier alpha value is -3.88. The minimum atomic E-state index is -0.123. The number of aromatic nitrogens is 3. The lowest BCUT2D eigenvalue weighted by atomic mass is 9.93. The van der Waals surface area contributed by atoms with Crippen LogP contribution in [0.4, 0.5) is 0 Å². The standard InChI is InChI=1S/C28H30N4O4/c1-31-25(27(29-30-31)20-9-12-22(33)13-10-20)17-32(16-21-11-14-23(34-2)15-26(21)35-3)28-24(18-36-28)19-7-5-4-6-8-19/h4-15,24,28,33H,16-18H2,1-3H3. The molecular weight excluding hydrogens is 456 g/mol. The van der Waals surface area contributed by atoms with Crippen molar-refractivity contribution in [2.45, 2.75) is 25.2 Å². The van der Waals surface area contributed by atoms with Crippen LogP contribution < -0.4 is 9.47 Å². The van der Waals surface area contributed by atoms with Gasteiger partial charge in [-0.3, -0.25) is 9.58 Å². The smallest absolute Gasteiger partial charge is 0.127 e. The molecule has 36 heavy (non-hydrogen) atoms. The van der Waals surface area contributed by atoms with E-state index in [1.807, 2.05) is 43.4 Å². The Morgan fingerprint density at radius 2 is 1.78 bits per heavy atom. The molecule has 1 fully saturated rings. The maximum Gasteiger partial charge on any atom is 0.127 e. The first kappa shape index (κ1) is 23.8. The monoisotopic (exact) mass is 486 g/mol. The van der Waals surface area contributed by atoms with E-state index in [1.165, 1.54) is 5.56 Å². The van der Waals surface area contributed by atoms with Crippen LogP contribution in [0.25, 0.3) is 11.3 Å². The first-order chi connectivity index (χ1) is 17.6. The van der Waals surface area contributed by atoms with Crippen molar-refractivity contribution < 1.29 is 19.3 Å². The molecule has 2 atom stereocenters. The van der Waals surface area contributed by atoms with Crippen molar-refractivity contribution in [1.82, 2.24) is 19.9 Å². The van der Waals surface area contributed by atoms with Gasteiger partial charge in [0, 0.05) is 43.2 Å². The van der Waals surface area contributed by atoms with Crippen LogP contribution in [-0.2, 0) is 24.9 Å². The summed E-state index contributed by atoms with van der Waals surface area (Å²) in [6.45, 7) is 1.82. The number of nitrogens with zero attached hydrogens (tertiary/aromatic N) is 4. The zero-order valence-electron chi connectivity index (χ0n) is 20.7. The van der Waals surface area contributed by atoms with Crippen LogP contribution in [0.1, 0.15) is 22.7 Å². The molecule has 0 saturated carbocycles. The van der Waals surface area contributed by atoms with Crippen LogP contribution in [0, 0.1) is 0 Å². The molecule has 1 N–H and O–H groups in total. The number of hydrogen-bond acceptors (Lipinski definition) is 7. The van der Waals surface area contributed by atoms with Crippen LogP contribution in [-0.4, -0.2) is 52.1 Å². The van der Waals surface area contributed by atoms with Gasteiger partial charge in [0.25, 0.3) is 0 Å². The summed E-state index contributed by atoms with van der Waals surface area (Å²) in [6, 6.07) is 23.4. The summed E-state index contributed by atoms with van der Waals surface area (Å²) in [5.41, 5.74) is 4.91. The molecule has 0 radical (unpaired) electrons. The molecule has 0 spiro atoms. The molecule has 2 heterocycles. The van der Waals surface area contributed by atoms with Crippen molar-refractivity contribution in [3.63, 3.8) is 0 Å². The number of ether oxygens (including phenoxy) is 3. The molecule has 186 valence electrons. The molecule has 0 aliphatic carbocycles. The van der Waals surface area contributed by atoms with Gasteiger partial charge in [0.2, 0.25) is 0 Å². The van der Waals surface area contributed by atoms with Gasteiger partial charge < -0.3 is 19.3 Å². The van der Waals surface area contributed by atoms with E-state index in [1.54, 1.807) is 31.0 Å². The Balaban J connectivity index is 1.50. The van der Waals surface area contributed by atoms with Crippen molar-refractivity contribution >= 4 is 0 Å². The zero-order valence-corrected chi connectivity index (χ0v) is 20.7. The summed E-state index contributed by atoms with van der Waals surface area (Å²) in [4.78, 5) is 2.30. The highest BCUT2D eigenvalue weighted by molar-refractivity contribution is 5.62. The van der Waals surface area contributed by atoms with Gasteiger partial charge in [-0.2, -0.15) is 0 Å². The Morgan fingerprint density at radius 1 is 1.00 bits per heavy atom. The second-order valence-corrected chi connectivity index (χ2v) is 8.88. The molecule has 1 saturated heterocycles. The van der Waals surface area contributed by atoms with Crippen molar-refractivity contribution in [3.8, 4) is 28.5 Å². The molecule has 0 bridgehead atoms. The average molecular weight is 487 g/mol. The lowest BCUT2D eigenvalue weighted by Crippen LogP contribution is -2.50. The predicted octanol–water partition coefficient (Wildman–Crippen LogP) is 4.35. The van der Waals surface area contributed by atoms with Gasteiger partial charge >= 0.3 is 0 Å². The van der Waals surface area contributed by atoms with Crippen molar-refractivity contribution in [3.05, 3.63) is 89.6 Å². The summed E-state index contributed by atoms with van der Waals surface area (Å²) in [6.07, 6.45) is -0.123. The number of benzene rings is 3. The summed E-state index contributed by atoms with van der Waals surface area (Å²) >= 11 is 0. The summed E-state index contributed by atoms with van der Waals surface area (Å²) in [7, 11) is 5.21. The van der Waals surface area contributed by atoms with Crippen LogP contribution >= 0.6 is 0 Å². The van der Waals surface area contributed by atoms with Crippen molar-refractivity contribution in [2.75, 3.05) is 20.8 Å². The van der Waals surface area contributed by atoms with Gasteiger partial charge in [-0.15, -0.1) is 5.10 Å². The van der Waals surface area contributed by atoms with E-state index in [2.05, 4.69) is 39.5 Å². The maximum atomic E-state index is 9.74. The Kier molecular flexibility index (Phi) is 6.88. The molecule has 2 unspecified atom stereocenters. The van der Waals surface area contributed by atoms with Crippen LogP contribution in [0.5, 0.6) is 17.2 Å². The summed E-state index contributed by atoms with van der Waals surface area (Å²) in [5, 5.41) is 18.5. The summed E-state index contributed by atoms with van der Waals surface area (Å²) in [5.74, 6) is 1.96. The molecule has 1 aliphatic rings. The van der Waals surface area contributed by atoms with Gasteiger partial charge in [-0.25, -0.2) is 0 Å². The van der Waals surface area contributed by atoms with Gasteiger partial charge in [-0.1, -0.05) is 41.6 Å². The van der Waals surface area contributed by atoms with Gasteiger partial charge in [0.1, 0.15) is 29.2 Å². The molecule has 8 heteroatoms. The van der Waals surface area contributed by atoms with Crippen LogP contribution in [0.3, 0.4) is 0 Å². The Labute approximate surface area is 210 Å². The molecule has 0 amide bonds. The minimum Gasteiger partial charge on any atom is -0.508 e. The van der Waals surface area contributed by atoms with E-state index in [0.717, 1.165) is 34.0 Å². The molecule has 3 aromatic carbocycles. The van der Waals surface area contributed by atoms with Gasteiger partial charge in [-0.05, 0) is 35.9 Å². The second kappa shape index (κ2) is 10.4. The number of aromatic hydroxyl groups is 1. The third-order valence-electron chi connectivity index (χ3n) is 6.68. The Bertz CT molecular complexity index is 1310. The molecular formula is C28H30N4O4. The Morgan fingerprint density at radius 3 is 2.44 bits per heavy atom. The number of aryl methyl sites for hydroxylation is 1. The highest BCUT2D eigenvalue weighted by Crippen LogP contribution is 2.37. The van der Waals surface area contributed by atoms with E-state index >= 15 is 0 Å². The van der Waals surface area contributed by atoms with E-state index in [9.17, 15) is 5.11 Å². The third kappa shape index (κ3) is 4.78. The topological polar surface area (TPSA) is 81.9 Å². The molecule has 8 nitrogen and oxygen atoms in total. The molecule has 1 aliphatic heterocycles. The van der Waals surface area contributed by atoms with Crippen LogP contribution in [0.2, 0.25) is 0 Å². The number of rotatable bonds is 9. The largest absolute Gasteiger partial charge is 0.508 e. The fourth-order valence-electron chi connectivity index (χ4n) is 4.63. The number of methoxy groups -OCH3 is 2. The van der Waals surface area contributed by atoms with Gasteiger partial charge in [0.15, 0.2) is 0 Å². The summed E-state index contributed by atoms with van der Waals surface area (Å²) < 4.78 is 19.1. The normalized spacial score (nSPS) is 17.1. The highest BCUT2D eigenvalue weighted by Gasteiger charge is 2.39. The zero-order chi connectivity index (χ0) is 25.1. The quantitative estimate of drug-likeness (QED) is 0.377. The molecule has 4 aromatic rings. The fourth-order valence-corrected chi connectivity index (χ4v) is 4.63. The minimum absolute atomic E-state index is 0.123.